The SMILES string of the molecule is C#Cc1cnc(Nc2ccc(S(=O)(=O)NC3CC(F)C3)cc2)nc1OC1CCCCC1O. The standard InChI is InChI=1S/C22H25FN4O4S/c1-2-14-13-24-22(26-21(14)31-20-6-4-3-5-19(20)28)25-16-7-9-18(10-8-16)32(29,30)27-17-11-15(23)12-17/h1,7-10,13,15,17,19-20,27-28H,3-6,11-12H2,(H,24,25,26). The summed E-state index contributed by atoms with van der Waals surface area (Å²) < 4.78 is 46.2. The topological polar surface area (TPSA) is 113 Å². The number of alkyl halides is 1. The van der Waals surface area contributed by atoms with E-state index < -0.39 is 22.3 Å². The fraction of sp³-hybridized carbons (Fsp3) is 0.455. The van der Waals surface area contributed by atoms with Crippen molar-refractivity contribution in [3.05, 3.63) is 36.0 Å². The molecule has 1 aromatic carbocycles. The highest BCUT2D eigenvalue weighted by molar-refractivity contribution is 7.89. The molecule has 170 valence electrons. The maximum atomic E-state index is 12.9. The van der Waals surface area contributed by atoms with E-state index in [-0.39, 0.29) is 41.7 Å². The van der Waals surface area contributed by atoms with Crippen molar-refractivity contribution < 1.29 is 22.7 Å². The van der Waals surface area contributed by atoms with Crippen LogP contribution in [-0.2, 0) is 10.0 Å². The second kappa shape index (κ2) is 9.40. The zero-order valence-electron chi connectivity index (χ0n) is 17.4. The van der Waals surface area contributed by atoms with Crippen molar-refractivity contribution in [1.29, 1.82) is 0 Å². The summed E-state index contributed by atoms with van der Waals surface area (Å²) in [5, 5.41) is 13.2. The fourth-order valence-electron chi connectivity index (χ4n) is 3.75. The van der Waals surface area contributed by atoms with Crippen LogP contribution in [0.15, 0.2) is 35.4 Å². The minimum absolute atomic E-state index is 0.0873. The number of nitrogens with zero attached hydrogens (tertiary/aromatic N) is 2. The molecular weight excluding hydrogens is 435 g/mol. The normalized spacial score (nSPS) is 25.4. The molecule has 2 fully saturated rings. The van der Waals surface area contributed by atoms with E-state index in [2.05, 4.69) is 25.9 Å². The summed E-state index contributed by atoms with van der Waals surface area (Å²) in [6.07, 6.45) is 8.81. The Morgan fingerprint density at radius 1 is 1.19 bits per heavy atom. The van der Waals surface area contributed by atoms with Crippen LogP contribution in [0.25, 0.3) is 0 Å². The van der Waals surface area contributed by atoms with Crippen molar-refractivity contribution in [2.24, 2.45) is 0 Å². The summed E-state index contributed by atoms with van der Waals surface area (Å²) in [7, 11) is -3.71. The Labute approximate surface area is 186 Å². The number of nitrogens with one attached hydrogen (secondary N) is 2. The largest absolute Gasteiger partial charge is 0.471 e. The number of aromatic nitrogens is 2. The first-order valence-corrected chi connectivity index (χ1v) is 12.0. The van der Waals surface area contributed by atoms with Gasteiger partial charge in [-0.2, -0.15) is 4.98 Å². The van der Waals surface area contributed by atoms with Gasteiger partial charge in [0.25, 0.3) is 0 Å². The van der Waals surface area contributed by atoms with Crippen LogP contribution < -0.4 is 14.8 Å². The number of terminal acetylenes is 1. The monoisotopic (exact) mass is 460 g/mol. The summed E-state index contributed by atoms with van der Waals surface area (Å²) in [5.74, 6) is 2.92. The van der Waals surface area contributed by atoms with E-state index in [4.69, 9.17) is 11.2 Å². The van der Waals surface area contributed by atoms with Gasteiger partial charge < -0.3 is 15.2 Å². The summed E-state index contributed by atoms with van der Waals surface area (Å²) >= 11 is 0. The van der Waals surface area contributed by atoms with Gasteiger partial charge in [0.15, 0.2) is 0 Å². The summed E-state index contributed by atoms with van der Waals surface area (Å²) in [6, 6.07) is 5.69. The number of benzene rings is 1. The van der Waals surface area contributed by atoms with Crippen LogP contribution in [-0.4, -0.2) is 47.9 Å². The van der Waals surface area contributed by atoms with Crippen molar-refractivity contribution in [3.8, 4) is 18.2 Å². The molecule has 2 atom stereocenters. The van der Waals surface area contributed by atoms with Gasteiger partial charge in [0.1, 0.15) is 17.8 Å². The minimum Gasteiger partial charge on any atom is -0.471 e. The molecule has 10 heteroatoms. The molecule has 2 saturated carbocycles. The van der Waals surface area contributed by atoms with Gasteiger partial charge in [-0.3, -0.25) is 0 Å². The lowest BCUT2D eigenvalue weighted by Crippen LogP contribution is -2.45. The van der Waals surface area contributed by atoms with Crippen LogP contribution in [0.1, 0.15) is 44.1 Å². The van der Waals surface area contributed by atoms with Gasteiger partial charge in [0.05, 0.1) is 17.2 Å². The molecule has 2 aliphatic rings. The molecule has 2 aromatic rings. The molecule has 0 saturated heterocycles. The van der Waals surface area contributed by atoms with Crippen molar-refractivity contribution in [1.82, 2.24) is 14.7 Å². The Morgan fingerprint density at radius 2 is 1.91 bits per heavy atom. The Bertz CT molecular complexity index is 1100. The van der Waals surface area contributed by atoms with E-state index in [9.17, 15) is 17.9 Å². The summed E-state index contributed by atoms with van der Waals surface area (Å²) in [5.41, 5.74) is 0.945. The van der Waals surface area contributed by atoms with Crippen LogP contribution in [0.4, 0.5) is 16.0 Å². The number of aliphatic hydroxyl groups is 1. The molecule has 32 heavy (non-hydrogen) atoms. The van der Waals surface area contributed by atoms with Crippen LogP contribution in [0, 0.1) is 12.3 Å². The lowest BCUT2D eigenvalue weighted by molar-refractivity contribution is 0.00438. The second-order valence-electron chi connectivity index (χ2n) is 8.10. The van der Waals surface area contributed by atoms with Gasteiger partial charge >= 0.3 is 0 Å². The third kappa shape index (κ3) is 5.18. The number of sulfonamides is 1. The average Bonchev–Trinajstić information content (AvgIpc) is 2.75. The molecule has 4 rings (SSSR count). The molecular formula is C22H25FN4O4S. The number of hydrogen-bond donors (Lipinski definition) is 3. The molecule has 1 aromatic heterocycles. The van der Waals surface area contributed by atoms with Gasteiger partial charge in [0, 0.05) is 11.7 Å². The molecule has 0 spiro atoms. The Kier molecular flexibility index (Phi) is 6.60. The fourth-order valence-corrected chi connectivity index (χ4v) is 5.01. The van der Waals surface area contributed by atoms with E-state index in [1.54, 1.807) is 12.1 Å². The maximum absolute atomic E-state index is 12.9. The van der Waals surface area contributed by atoms with E-state index in [0.29, 0.717) is 17.7 Å². The summed E-state index contributed by atoms with van der Waals surface area (Å²) in [6.45, 7) is 0. The molecule has 1 heterocycles. The van der Waals surface area contributed by atoms with E-state index in [1.165, 1.54) is 18.3 Å². The number of anilines is 2. The van der Waals surface area contributed by atoms with Crippen molar-refractivity contribution >= 4 is 21.7 Å². The number of ether oxygens (including phenoxy) is 1. The number of hydrogen-bond acceptors (Lipinski definition) is 7. The maximum Gasteiger partial charge on any atom is 0.240 e. The van der Waals surface area contributed by atoms with Gasteiger partial charge in [-0.25, -0.2) is 22.5 Å². The van der Waals surface area contributed by atoms with Crippen LogP contribution in [0.3, 0.4) is 0 Å². The van der Waals surface area contributed by atoms with E-state index in [0.717, 1.165) is 19.3 Å². The zero-order valence-corrected chi connectivity index (χ0v) is 18.2. The lowest BCUT2D eigenvalue weighted by atomic mass is 9.92. The highest BCUT2D eigenvalue weighted by Gasteiger charge is 2.32. The quantitative estimate of drug-likeness (QED) is 0.545. The van der Waals surface area contributed by atoms with Gasteiger partial charge in [0.2, 0.25) is 21.9 Å². The highest BCUT2D eigenvalue weighted by atomic mass is 32.2. The Morgan fingerprint density at radius 3 is 2.56 bits per heavy atom. The van der Waals surface area contributed by atoms with E-state index >= 15 is 0 Å². The van der Waals surface area contributed by atoms with Gasteiger partial charge in [-0.1, -0.05) is 12.3 Å². The highest BCUT2D eigenvalue weighted by Crippen LogP contribution is 2.27. The predicted molar refractivity (Wildman–Crippen MR) is 117 cm³/mol. The first kappa shape index (κ1) is 22.5. The Balaban J connectivity index is 1.45. The Hall–Kier alpha value is -2.74. The van der Waals surface area contributed by atoms with Crippen LogP contribution in [0.2, 0.25) is 0 Å². The average molecular weight is 461 g/mol. The molecule has 8 nitrogen and oxygen atoms in total. The molecule has 0 aliphatic heterocycles. The summed E-state index contributed by atoms with van der Waals surface area (Å²) in [4.78, 5) is 8.61. The van der Waals surface area contributed by atoms with Crippen LogP contribution in [0.5, 0.6) is 5.88 Å². The second-order valence-corrected chi connectivity index (χ2v) is 9.82. The molecule has 0 amide bonds. The van der Waals surface area contributed by atoms with Crippen molar-refractivity contribution in [2.75, 3.05) is 5.32 Å². The van der Waals surface area contributed by atoms with Crippen molar-refractivity contribution in [2.45, 2.75) is 67.8 Å². The zero-order chi connectivity index (χ0) is 22.7. The molecule has 0 bridgehead atoms. The lowest BCUT2D eigenvalue weighted by Gasteiger charge is -2.29. The third-order valence-electron chi connectivity index (χ3n) is 5.66. The van der Waals surface area contributed by atoms with Crippen molar-refractivity contribution in [3.63, 3.8) is 0 Å². The smallest absolute Gasteiger partial charge is 0.240 e. The molecule has 3 N–H and O–H groups in total. The molecule has 2 unspecified atom stereocenters. The van der Waals surface area contributed by atoms with Gasteiger partial charge in [-0.05, 0) is 56.4 Å². The first-order chi connectivity index (χ1) is 15.3. The first-order valence-electron chi connectivity index (χ1n) is 10.6. The third-order valence-corrected chi connectivity index (χ3v) is 7.20. The molecule has 2 aliphatic carbocycles. The van der Waals surface area contributed by atoms with Gasteiger partial charge in [-0.15, -0.1) is 6.42 Å². The number of rotatable bonds is 7. The molecule has 0 radical (unpaired) electrons. The van der Waals surface area contributed by atoms with Crippen LogP contribution >= 0.6 is 0 Å². The number of aliphatic hydroxyl groups excluding tert-OH is 1. The number of halogens is 1. The minimum atomic E-state index is -3.71. The van der Waals surface area contributed by atoms with E-state index in [1.807, 2.05) is 0 Å². The predicted octanol–water partition coefficient (Wildman–Crippen LogP) is 2.66.